The van der Waals surface area contributed by atoms with Crippen LogP contribution in [0.5, 0.6) is 0 Å². The maximum Gasteiger partial charge on any atom is 0.237 e. The number of aromatic amines is 1. The summed E-state index contributed by atoms with van der Waals surface area (Å²) in [6.07, 6.45) is 1.70. The van der Waals surface area contributed by atoms with Crippen molar-refractivity contribution in [1.29, 1.82) is 0 Å². The van der Waals surface area contributed by atoms with E-state index < -0.39 is 0 Å². The number of aromatic nitrogens is 2. The smallest absolute Gasteiger partial charge is 0.237 e. The lowest BCUT2D eigenvalue weighted by molar-refractivity contribution is -0.128. The standard InChI is InChI=1S/C20H28N4O/c1-5-17(19(25)21-20(2,3)4)24-12-11-16-15(13-24)18(23-22-16)14-9-7-6-8-10-14/h6-10,17H,5,11-13H2,1-4H3,(H,21,25)(H,22,23). The Kier molecular flexibility index (Phi) is 4.95. The Morgan fingerprint density at radius 1 is 1.32 bits per heavy atom. The van der Waals surface area contributed by atoms with E-state index in [9.17, 15) is 4.79 Å². The lowest BCUT2D eigenvalue weighted by Crippen LogP contribution is -2.52. The zero-order valence-corrected chi connectivity index (χ0v) is 15.6. The molecule has 1 aromatic carbocycles. The second-order valence-corrected chi connectivity index (χ2v) is 7.78. The molecule has 1 aliphatic rings. The van der Waals surface area contributed by atoms with Crippen molar-refractivity contribution >= 4 is 5.91 Å². The fraction of sp³-hybridized carbons (Fsp3) is 0.500. The first-order valence-corrected chi connectivity index (χ1v) is 9.06. The van der Waals surface area contributed by atoms with E-state index in [0.717, 1.165) is 37.2 Å². The third-order valence-corrected chi connectivity index (χ3v) is 4.64. The summed E-state index contributed by atoms with van der Waals surface area (Å²) in [6.45, 7) is 9.78. The molecule has 0 aliphatic carbocycles. The van der Waals surface area contributed by atoms with Gasteiger partial charge in [-0.15, -0.1) is 0 Å². The molecule has 0 saturated heterocycles. The Balaban J connectivity index is 1.82. The lowest BCUT2D eigenvalue weighted by Gasteiger charge is -2.35. The Labute approximate surface area is 149 Å². The molecule has 3 rings (SSSR count). The van der Waals surface area contributed by atoms with Crippen molar-refractivity contribution in [2.24, 2.45) is 0 Å². The van der Waals surface area contributed by atoms with Crippen molar-refractivity contribution in [3.8, 4) is 11.3 Å². The summed E-state index contributed by atoms with van der Waals surface area (Å²) in [5, 5.41) is 10.9. The molecule has 0 spiro atoms. The van der Waals surface area contributed by atoms with Crippen molar-refractivity contribution in [2.45, 2.75) is 58.7 Å². The van der Waals surface area contributed by atoms with Crippen LogP contribution in [0.1, 0.15) is 45.4 Å². The molecule has 1 aromatic heterocycles. The van der Waals surface area contributed by atoms with E-state index in [1.165, 1.54) is 11.3 Å². The van der Waals surface area contributed by atoms with Gasteiger partial charge in [0.25, 0.3) is 0 Å². The molecule has 1 unspecified atom stereocenters. The number of hydrogen-bond donors (Lipinski definition) is 2. The number of fused-ring (bicyclic) bond motifs is 1. The van der Waals surface area contributed by atoms with E-state index in [4.69, 9.17) is 0 Å². The first-order chi connectivity index (χ1) is 11.9. The van der Waals surface area contributed by atoms with Crippen molar-refractivity contribution in [3.05, 3.63) is 41.6 Å². The summed E-state index contributed by atoms with van der Waals surface area (Å²) in [6, 6.07) is 10.1. The molecule has 134 valence electrons. The Bertz CT molecular complexity index is 730. The van der Waals surface area contributed by atoms with Crippen LogP contribution in [0.3, 0.4) is 0 Å². The monoisotopic (exact) mass is 340 g/mol. The van der Waals surface area contributed by atoms with Crippen LogP contribution in [0.25, 0.3) is 11.3 Å². The highest BCUT2D eigenvalue weighted by atomic mass is 16.2. The van der Waals surface area contributed by atoms with Gasteiger partial charge in [0.2, 0.25) is 5.91 Å². The van der Waals surface area contributed by atoms with Crippen LogP contribution in [-0.4, -0.2) is 39.1 Å². The zero-order chi connectivity index (χ0) is 18.0. The molecular formula is C20H28N4O. The summed E-state index contributed by atoms with van der Waals surface area (Å²) in [7, 11) is 0. The summed E-state index contributed by atoms with van der Waals surface area (Å²) < 4.78 is 0. The molecule has 1 aliphatic heterocycles. The highest BCUT2D eigenvalue weighted by Crippen LogP contribution is 2.29. The van der Waals surface area contributed by atoms with Crippen LogP contribution in [-0.2, 0) is 17.8 Å². The normalized spacial score (nSPS) is 16.3. The zero-order valence-electron chi connectivity index (χ0n) is 15.6. The second-order valence-electron chi connectivity index (χ2n) is 7.78. The number of H-pyrrole nitrogens is 1. The molecule has 2 aromatic rings. The van der Waals surface area contributed by atoms with Gasteiger partial charge in [0.1, 0.15) is 0 Å². The van der Waals surface area contributed by atoms with Gasteiger partial charge in [0, 0.05) is 41.9 Å². The predicted molar refractivity (Wildman–Crippen MR) is 100 cm³/mol. The van der Waals surface area contributed by atoms with Crippen LogP contribution in [0.15, 0.2) is 30.3 Å². The van der Waals surface area contributed by atoms with Crippen LogP contribution < -0.4 is 5.32 Å². The van der Waals surface area contributed by atoms with Gasteiger partial charge in [-0.2, -0.15) is 5.10 Å². The van der Waals surface area contributed by atoms with Gasteiger partial charge in [-0.25, -0.2) is 0 Å². The number of carbonyl (C=O) groups excluding carboxylic acids is 1. The average Bonchev–Trinajstić information content (AvgIpc) is 2.98. The molecule has 25 heavy (non-hydrogen) atoms. The number of benzene rings is 1. The summed E-state index contributed by atoms with van der Waals surface area (Å²) in [5.74, 6) is 0.114. The van der Waals surface area contributed by atoms with Crippen LogP contribution in [0, 0.1) is 0 Å². The lowest BCUT2D eigenvalue weighted by atomic mass is 9.98. The van der Waals surface area contributed by atoms with E-state index in [1.54, 1.807) is 0 Å². The van der Waals surface area contributed by atoms with Gasteiger partial charge >= 0.3 is 0 Å². The first kappa shape index (κ1) is 17.7. The molecular weight excluding hydrogens is 312 g/mol. The number of nitrogens with zero attached hydrogens (tertiary/aromatic N) is 2. The fourth-order valence-electron chi connectivity index (χ4n) is 3.48. The van der Waals surface area contributed by atoms with Crippen LogP contribution in [0.4, 0.5) is 0 Å². The molecule has 2 heterocycles. The molecule has 1 amide bonds. The highest BCUT2D eigenvalue weighted by Gasteiger charge is 2.31. The van der Waals surface area contributed by atoms with Gasteiger partial charge in [-0.1, -0.05) is 37.3 Å². The largest absolute Gasteiger partial charge is 0.350 e. The quantitative estimate of drug-likeness (QED) is 0.899. The van der Waals surface area contributed by atoms with E-state index in [2.05, 4.69) is 39.5 Å². The number of hydrogen-bond acceptors (Lipinski definition) is 3. The minimum atomic E-state index is -0.212. The molecule has 2 N–H and O–H groups in total. The molecule has 0 fully saturated rings. The maximum atomic E-state index is 12.7. The average molecular weight is 340 g/mol. The second kappa shape index (κ2) is 7.00. The van der Waals surface area contributed by atoms with E-state index in [-0.39, 0.29) is 17.5 Å². The number of rotatable bonds is 4. The van der Waals surface area contributed by atoms with Gasteiger partial charge in [-0.05, 0) is 27.2 Å². The summed E-state index contributed by atoms with van der Waals surface area (Å²) >= 11 is 0. The van der Waals surface area contributed by atoms with Gasteiger partial charge in [0.05, 0.1) is 11.7 Å². The Morgan fingerprint density at radius 2 is 2.04 bits per heavy atom. The van der Waals surface area contributed by atoms with Gasteiger partial charge in [-0.3, -0.25) is 14.8 Å². The summed E-state index contributed by atoms with van der Waals surface area (Å²) in [4.78, 5) is 15.0. The van der Waals surface area contributed by atoms with Crippen molar-refractivity contribution in [3.63, 3.8) is 0 Å². The number of carbonyl (C=O) groups is 1. The van der Waals surface area contributed by atoms with Crippen LogP contribution >= 0.6 is 0 Å². The highest BCUT2D eigenvalue weighted by molar-refractivity contribution is 5.82. The third kappa shape index (κ3) is 3.93. The van der Waals surface area contributed by atoms with Gasteiger partial charge in [0.15, 0.2) is 0 Å². The molecule has 0 radical (unpaired) electrons. The maximum absolute atomic E-state index is 12.7. The van der Waals surface area contributed by atoms with Crippen molar-refractivity contribution in [2.75, 3.05) is 6.54 Å². The van der Waals surface area contributed by atoms with Crippen molar-refractivity contribution in [1.82, 2.24) is 20.4 Å². The Morgan fingerprint density at radius 3 is 2.68 bits per heavy atom. The first-order valence-electron chi connectivity index (χ1n) is 9.06. The van der Waals surface area contributed by atoms with Crippen molar-refractivity contribution < 1.29 is 4.79 Å². The fourth-order valence-corrected chi connectivity index (χ4v) is 3.48. The molecule has 0 saturated carbocycles. The molecule has 0 bridgehead atoms. The molecule has 5 heteroatoms. The van der Waals surface area contributed by atoms with Crippen LogP contribution in [0.2, 0.25) is 0 Å². The molecule has 1 atom stereocenters. The van der Waals surface area contributed by atoms with E-state index in [1.807, 2.05) is 39.0 Å². The number of amides is 1. The predicted octanol–water partition coefficient (Wildman–Crippen LogP) is 3.13. The van der Waals surface area contributed by atoms with E-state index >= 15 is 0 Å². The third-order valence-electron chi connectivity index (χ3n) is 4.64. The topological polar surface area (TPSA) is 61.0 Å². The SMILES string of the molecule is CCC(C(=O)NC(C)(C)C)N1CCc2[nH]nc(-c3ccccc3)c2C1. The Hall–Kier alpha value is -2.14. The minimum absolute atomic E-state index is 0.106. The number of nitrogens with one attached hydrogen (secondary N) is 2. The van der Waals surface area contributed by atoms with Gasteiger partial charge < -0.3 is 5.32 Å². The van der Waals surface area contributed by atoms with E-state index in [0.29, 0.717) is 0 Å². The molecule has 5 nitrogen and oxygen atoms in total. The minimum Gasteiger partial charge on any atom is -0.350 e. The summed E-state index contributed by atoms with van der Waals surface area (Å²) in [5.41, 5.74) is 4.33.